The molecule has 1 N–H and O–H groups in total. The Balaban J connectivity index is 4.36. The van der Waals surface area contributed by atoms with Crippen LogP contribution in [-0.4, -0.2) is 87.4 Å². The summed E-state index contributed by atoms with van der Waals surface area (Å²) in [6.45, 7) is 4.54. The minimum atomic E-state index is -1.54. The molecule has 0 bridgehead atoms. The molecule has 0 radical (unpaired) electrons. The van der Waals surface area contributed by atoms with E-state index in [9.17, 15) is 19.5 Å². The zero-order valence-corrected chi connectivity index (χ0v) is 56.2. The molecule has 0 fully saturated rings. The summed E-state index contributed by atoms with van der Waals surface area (Å²) in [5.41, 5.74) is 0. The van der Waals surface area contributed by atoms with Gasteiger partial charge in [-0.2, -0.15) is 0 Å². The molecular weight excluding hydrogens is 1100 g/mol. The number of allylic oxidation sites excluding steroid dienone is 36. The highest BCUT2D eigenvalue weighted by Crippen LogP contribution is 2.12. The molecule has 0 heterocycles. The molecule has 0 aliphatic carbocycles. The van der Waals surface area contributed by atoms with E-state index in [0.717, 1.165) is 167 Å². The van der Waals surface area contributed by atoms with Crippen LogP contribution < -0.4 is 0 Å². The molecule has 0 aromatic rings. The lowest BCUT2D eigenvalue weighted by Crippen LogP contribution is -2.40. The number of aliphatic carboxylic acids is 1. The van der Waals surface area contributed by atoms with Crippen LogP contribution in [0.5, 0.6) is 0 Å². The summed E-state index contributed by atoms with van der Waals surface area (Å²) < 4.78 is 22.9. The Morgan fingerprint density at radius 1 is 0.337 bits per heavy atom. The van der Waals surface area contributed by atoms with Crippen molar-refractivity contribution in [1.82, 2.24) is 0 Å². The Hall–Kier alpha value is -6.39. The maximum Gasteiger partial charge on any atom is 0.361 e. The fourth-order valence-electron chi connectivity index (χ4n) is 8.11. The Labute approximate surface area is 543 Å². The molecule has 0 rings (SSSR count). The van der Waals surface area contributed by atoms with Gasteiger partial charge in [0.2, 0.25) is 0 Å². The summed E-state index contributed by atoms with van der Waals surface area (Å²) in [5.74, 6) is -2.11. The molecule has 0 saturated heterocycles. The first-order chi connectivity index (χ1) is 43.6. The number of carbonyl (C=O) groups is 3. The number of esters is 2. The van der Waals surface area contributed by atoms with Gasteiger partial charge < -0.3 is 28.5 Å². The van der Waals surface area contributed by atoms with Gasteiger partial charge >= 0.3 is 17.9 Å². The van der Waals surface area contributed by atoms with E-state index in [1.807, 2.05) is 21.1 Å². The maximum absolute atomic E-state index is 12.9. The van der Waals surface area contributed by atoms with E-state index in [1.165, 1.54) is 0 Å². The monoisotopic (exact) mass is 1220 g/mol. The molecule has 0 amide bonds. The highest BCUT2D eigenvalue weighted by Gasteiger charge is 2.25. The molecule has 9 heteroatoms. The second kappa shape index (κ2) is 67.5. The molecule has 0 saturated carbocycles. The predicted octanol–water partition coefficient (Wildman–Crippen LogP) is 21.3. The third-order valence-corrected chi connectivity index (χ3v) is 13.2. The van der Waals surface area contributed by atoms with Crippen molar-refractivity contribution in [2.45, 2.75) is 219 Å². The number of carbonyl (C=O) groups excluding carboxylic acids is 2. The number of hydrogen-bond acceptors (Lipinski definition) is 7. The number of unbranched alkanes of at least 4 members (excludes halogenated alkanes) is 8. The van der Waals surface area contributed by atoms with Gasteiger partial charge in [0.25, 0.3) is 6.29 Å². The van der Waals surface area contributed by atoms with Gasteiger partial charge in [0.05, 0.1) is 34.4 Å². The van der Waals surface area contributed by atoms with E-state index in [0.29, 0.717) is 23.9 Å². The number of carboxylic acids is 1. The Kier molecular flexibility index (Phi) is 62.7. The van der Waals surface area contributed by atoms with Crippen molar-refractivity contribution < 1.29 is 42.9 Å². The quantitative estimate of drug-likeness (QED) is 0.0211. The van der Waals surface area contributed by atoms with Gasteiger partial charge in [0.15, 0.2) is 6.10 Å². The third-order valence-electron chi connectivity index (χ3n) is 13.2. The van der Waals surface area contributed by atoms with E-state index < -0.39 is 24.3 Å². The molecule has 0 aliphatic heterocycles. The van der Waals surface area contributed by atoms with Crippen LogP contribution in [0.3, 0.4) is 0 Å². The summed E-state index contributed by atoms with van der Waals surface area (Å²) in [6.07, 6.45) is 105. The normalized spacial score (nSPS) is 14.1. The number of carboxylic acid groups (broad SMARTS) is 1. The first-order valence-electron chi connectivity index (χ1n) is 33.9. The van der Waals surface area contributed by atoms with Crippen LogP contribution in [-0.2, 0) is 33.3 Å². The molecule has 2 atom stereocenters. The highest BCUT2D eigenvalue weighted by molar-refractivity contribution is 5.71. The number of ether oxygens (including phenoxy) is 4. The van der Waals surface area contributed by atoms with Crippen molar-refractivity contribution >= 4 is 17.9 Å². The lowest BCUT2D eigenvalue weighted by atomic mass is 10.1. The molecule has 0 aromatic carbocycles. The van der Waals surface area contributed by atoms with Crippen molar-refractivity contribution in [3.63, 3.8) is 0 Å². The lowest BCUT2D eigenvalue weighted by Gasteiger charge is -2.25. The summed E-state index contributed by atoms with van der Waals surface area (Å²) >= 11 is 0. The van der Waals surface area contributed by atoms with Crippen LogP contribution in [0.15, 0.2) is 219 Å². The lowest BCUT2D eigenvalue weighted by molar-refractivity contribution is -0.870. The van der Waals surface area contributed by atoms with Gasteiger partial charge in [-0.15, -0.1) is 0 Å². The largest absolute Gasteiger partial charge is 0.477 e. The minimum Gasteiger partial charge on any atom is -0.477 e. The molecule has 494 valence electrons. The SMILES string of the molecule is CC/C=C\C/C=C\C/C=C\C/C=C\C/C=C\C/C=C\C/C=C\C/C=C\C/C=C\C/C=C\C/C=C\CCCCCC(=O)OC(COC(=O)CCCCCCC/C=C\C/C=C\C/C=C\C/C=C\C/C=C\C/C=C\C/C=C\CC)COC(OCC[N+](C)(C)C)C(=O)O. The van der Waals surface area contributed by atoms with E-state index in [1.54, 1.807) is 0 Å². The van der Waals surface area contributed by atoms with Gasteiger partial charge in [-0.25, -0.2) is 4.79 Å². The standard InChI is InChI=1S/C80H121NO8/c1-6-8-10-12-14-16-18-20-22-24-26-28-30-32-34-35-36-37-38-39-40-41-42-43-45-47-49-51-53-55-57-59-61-63-65-67-69-71-78(83)89-76(75-88-80(79(84)85)86-73-72-81(3,4)5)74-87-77(82)70-68-66-64-62-60-58-56-54-52-50-48-46-44-33-31-29-27-25-23-21-19-17-15-13-11-9-7-2/h8-11,14-17,20-23,26-29,32-34,36-37,39-40,42-44,47-50,53-56,59,61,76,80H,6-7,12-13,18-19,24-25,30-31,35,38,41,45-46,51-52,57-58,60,62-75H2,1-5H3/p+1/b10-8-,11-9-,16-14-,17-15-,22-20-,23-21-,28-26-,29-27-,34-32-,37-36-,40-39-,43-42-,44-33-,49-47-,50-48-,55-53-,56-54-,61-59-. The molecule has 0 spiro atoms. The van der Waals surface area contributed by atoms with Crippen LogP contribution >= 0.6 is 0 Å². The number of likely N-dealkylation sites (N-methyl/N-ethyl adjacent to an activating group) is 1. The molecule has 89 heavy (non-hydrogen) atoms. The first-order valence-corrected chi connectivity index (χ1v) is 33.9. The van der Waals surface area contributed by atoms with Crippen LogP contribution in [0.4, 0.5) is 0 Å². The molecule has 0 aromatic heterocycles. The Morgan fingerprint density at radius 2 is 0.607 bits per heavy atom. The van der Waals surface area contributed by atoms with Gasteiger partial charge in [-0.05, 0) is 154 Å². The maximum atomic E-state index is 12.9. The van der Waals surface area contributed by atoms with E-state index in [-0.39, 0.29) is 38.6 Å². The van der Waals surface area contributed by atoms with Crippen molar-refractivity contribution in [3.8, 4) is 0 Å². The van der Waals surface area contributed by atoms with Gasteiger partial charge in [-0.3, -0.25) is 9.59 Å². The van der Waals surface area contributed by atoms with E-state index >= 15 is 0 Å². The Morgan fingerprint density at radius 3 is 0.910 bits per heavy atom. The molecule has 2 unspecified atom stereocenters. The fraction of sp³-hybridized carbons (Fsp3) is 0.512. The fourth-order valence-corrected chi connectivity index (χ4v) is 8.11. The summed E-state index contributed by atoms with van der Waals surface area (Å²) in [4.78, 5) is 37.6. The topological polar surface area (TPSA) is 108 Å². The van der Waals surface area contributed by atoms with Crippen molar-refractivity contribution in [2.24, 2.45) is 0 Å². The summed E-state index contributed by atoms with van der Waals surface area (Å²) in [5, 5.41) is 9.74. The molecule has 0 aliphatic rings. The van der Waals surface area contributed by atoms with Crippen LogP contribution in [0.2, 0.25) is 0 Å². The minimum absolute atomic E-state index is 0.164. The van der Waals surface area contributed by atoms with Gasteiger partial charge in [0.1, 0.15) is 13.2 Å². The second-order valence-corrected chi connectivity index (χ2v) is 22.7. The Bertz CT molecular complexity index is 2260. The average Bonchev–Trinajstić information content (AvgIpc) is 3.70. The molecular formula is C80H122NO8+. The highest BCUT2D eigenvalue weighted by atomic mass is 16.7. The third kappa shape index (κ3) is 69.0. The van der Waals surface area contributed by atoms with Crippen LogP contribution in [0.1, 0.15) is 206 Å². The summed E-state index contributed by atoms with van der Waals surface area (Å²) in [7, 11) is 5.93. The number of nitrogens with zero attached hydrogens (tertiary/aromatic N) is 1. The van der Waals surface area contributed by atoms with E-state index in [4.69, 9.17) is 18.9 Å². The van der Waals surface area contributed by atoms with Crippen LogP contribution in [0, 0.1) is 0 Å². The number of rotatable bonds is 59. The predicted molar refractivity (Wildman–Crippen MR) is 381 cm³/mol. The van der Waals surface area contributed by atoms with Gasteiger partial charge in [-0.1, -0.05) is 258 Å². The van der Waals surface area contributed by atoms with Crippen molar-refractivity contribution in [2.75, 3.05) is 47.5 Å². The first kappa shape index (κ1) is 82.6. The smallest absolute Gasteiger partial charge is 0.361 e. The van der Waals surface area contributed by atoms with Crippen molar-refractivity contribution in [1.29, 1.82) is 0 Å². The number of hydrogen-bond donors (Lipinski definition) is 1. The van der Waals surface area contributed by atoms with Crippen molar-refractivity contribution in [3.05, 3.63) is 219 Å². The average molecular weight is 1230 g/mol. The molecule has 9 nitrogen and oxygen atoms in total. The zero-order chi connectivity index (χ0) is 64.7. The van der Waals surface area contributed by atoms with Gasteiger partial charge in [0, 0.05) is 12.8 Å². The summed E-state index contributed by atoms with van der Waals surface area (Å²) in [6, 6.07) is 0. The number of quaternary nitrogens is 1. The van der Waals surface area contributed by atoms with E-state index in [2.05, 4.69) is 233 Å². The second-order valence-electron chi connectivity index (χ2n) is 22.7. The zero-order valence-electron chi connectivity index (χ0n) is 56.2. The van der Waals surface area contributed by atoms with Crippen LogP contribution in [0.25, 0.3) is 0 Å².